The van der Waals surface area contributed by atoms with Crippen LogP contribution in [0.1, 0.15) is 24.2 Å². The summed E-state index contributed by atoms with van der Waals surface area (Å²) in [5.74, 6) is 6.34. The Morgan fingerprint density at radius 2 is 2.06 bits per heavy atom. The molecule has 0 aromatic heterocycles. The number of rotatable bonds is 4. The Kier molecular flexibility index (Phi) is 4.74. The summed E-state index contributed by atoms with van der Waals surface area (Å²) in [5.41, 5.74) is 0.0494. The van der Waals surface area contributed by atoms with Gasteiger partial charge in [-0.2, -0.15) is 0 Å². The molecule has 0 heterocycles. The molecule has 1 rings (SSSR count). The Labute approximate surface area is 102 Å². The first-order valence-corrected chi connectivity index (χ1v) is 5.31. The Morgan fingerprint density at radius 3 is 2.71 bits per heavy atom. The molecule has 0 amide bonds. The third kappa shape index (κ3) is 4.29. The first-order chi connectivity index (χ1) is 8.09. The molecule has 0 saturated heterocycles. The monoisotopic (exact) mass is 232 g/mol. The molecule has 0 atom stereocenters. The van der Waals surface area contributed by atoms with Gasteiger partial charge in [-0.25, -0.2) is 0 Å². The summed E-state index contributed by atoms with van der Waals surface area (Å²) in [7, 11) is 1.61. The van der Waals surface area contributed by atoms with Crippen LogP contribution in [0.5, 0.6) is 5.75 Å². The summed E-state index contributed by atoms with van der Waals surface area (Å²) in [5, 5.41) is 0. The number of hydrogen-bond acceptors (Lipinski definition) is 3. The number of carbonyl (C=O) groups excluding carboxylic acids is 1. The highest BCUT2D eigenvalue weighted by molar-refractivity contribution is 5.79. The summed E-state index contributed by atoms with van der Waals surface area (Å²) >= 11 is 0. The summed E-state index contributed by atoms with van der Waals surface area (Å²) in [4.78, 5) is 10.7. The maximum atomic E-state index is 10.7. The summed E-state index contributed by atoms with van der Waals surface area (Å²) in [6, 6.07) is 7.05. The molecule has 0 N–H and O–H groups in total. The van der Waals surface area contributed by atoms with Crippen molar-refractivity contribution in [3.05, 3.63) is 29.8 Å². The van der Waals surface area contributed by atoms with Gasteiger partial charge in [0.15, 0.2) is 6.29 Å². The van der Waals surface area contributed by atoms with Crippen molar-refractivity contribution in [3.8, 4) is 17.6 Å². The van der Waals surface area contributed by atoms with Crippen LogP contribution in [0.2, 0.25) is 0 Å². The molecule has 3 heteroatoms. The van der Waals surface area contributed by atoms with E-state index >= 15 is 0 Å². The van der Waals surface area contributed by atoms with Crippen LogP contribution >= 0.6 is 0 Å². The van der Waals surface area contributed by atoms with Crippen molar-refractivity contribution in [1.29, 1.82) is 0 Å². The van der Waals surface area contributed by atoms with E-state index < -0.39 is 5.60 Å². The summed E-state index contributed by atoms with van der Waals surface area (Å²) in [6.07, 6.45) is 0.766. The minimum Gasteiger partial charge on any atom is -0.480 e. The molecular weight excluding hydrogens is 216 g/mol. The zero-order valence-electron chi connectivity index (χ0n) is 10.3. The van der Waals surface area contributed by atoms with Crippen molar-refractivity contribution in [2.24, 2.45) is 0 Å². The van der Waals surface area contributed by atoms with E-state index in [1.807, 2.05) is 19.9 Å². The lowest BCUT2D eigenvalue weighted by atomic mass is 10.1. The molecule has 1 aromatic carbocycles. The Morgan fingerprint density at radius 1 is 1.35 bits per heavy atom. The Bertz CT molecular complexity index is 438. The van der Waals surface area contributed by atoms with Crippen LogP contribution in [0.15, 0.2) is 24.3 Å². The fourth-order valence-electron chi connectivity index (χ4n) is 1.12. The van der Waals surface area contributed by atoms with Crippen LogP contribution in [-0.4, -0.2) is 25.6 Å². The second-order valence-corrected chi connectivity index (χ2v) is 3.96. The Balaban J connectivity index is 2.60. The zero-order valence-corrected chi connectivity index (χ0v) is 10.3. The van der Waals surface area contributed by atoms with E-state index in [1.54, 1.807) is 25.3 Å². The lowest BCUT2D eigenvalue weighted by molar-refractivity contribution is 0.0739. The van der Waals surface area contributed by atoms with Gasteiger partial charge in [-0.15, -0.1) is 0 Å². The molecular formula is C14H16O3. The van der Waals surface area contributed by atoms with Crippen LogP contribution < -0.4 is 4.74 Å². The summed E-state index contributed by atoms with van der Waals surface area (Å²) < 4.78 is 10.6. The quantitative estimate of drug-likeness (QED) is 0.590. The molecule has 0 aliphatic heterocycles. The zero-order chi connectivity index (χ0) is 12.7. The molecule has 0 fully saturated rings. The highest BCUT2D eigenvalue weighted by Crippen LogP contribution is 2.15. The first-order valence-electron chi connectivity index (χ1n) is 5.31. The molecule has 90 valence electrons. The largest absolute Gasteiger partial charge is 0.480 e. The van der Waals surface area contributed by atoms with Crippen LogP contribution in [-0.2, 0) is 4.74 Å². The average Bonchev–Trinajstić information content (AvgIpc) is 2.35. The van der Waals surface area contributed by atoms with Gasteiger partial charge in [0.05, 0.1) is 5.56 Å². The molecule has 1 aromatic rings. The first kappa shape index (κ1) is 13.3. The normalized spacial score (nSPS) is 10.3. The van der Waals surface area contributed by atoms with Gasteiger partial charge in [-0.05, 0) is 26.0 Å². The molecule has 0 radical (unpaired) electrons. The molecule has 0 bridgehead atoms. The second-order valence-electron chi connectivity index (χ2n) is 3.96. The van der Waals surface area contributed by atoms with E-state index in [4.69, 9.17) is 9.47 Å². The third-order valence-corrected chi connectivity index (χ3v) is 2.25. The van der Waals surface area contributed by atoms with Crippen LogP contribution in [0, 0.1) is 11.8 Å². The van der Waals surface area contributed by atoms with Crippen molar-refractivity contribution in [2.75, 3.05) is 13.7 Å². The minimum atomic E-state index is -0.479. The van der Waals surface area contributed by atoms with Crippen LogP contribution in [0.25, 0.3) is 0 Å². The molecule has 0 aliphatic carbocycles. The van der Waals surface area contributed by atoms with Crippen molar-refractivity contribution in [1.82, 2.24) is 0 Å². The number of hydrogen-bond donors (Lipinski definition) is 0. The highest BCUT2D eigenvalue weighted by atomic mass is 16.5. The van der Waals surface area contributed by atoms with Gasteiger partial charge >= 0.3 is 0 Å². The van der Waals surface area contributed by atoms with E-state index in [0.717, 1.165) is 6.29 Å². The maximum Gasteiger partial charge on any atom is 0.153 e. The van der Waals surface area contributed by atoms with Crippen molar-refractivity contribution in [3.63, 3.8) is 0 Å². The predicted octanol–water partition coefficient (Wildman–Crippen LogP) is 2.31. The van der Waals surface area contributed by atoms with Gasteiger partial charge in [0, 0.05) is 7.11 Å². The van der Waals surface area contributed by atoms with Gasteiger partial charge in [-0.1, -0.05) is 24.0 Å². The standard InChI is InChI=1S/C14H16O3/c1-14(2,16-3)9-6-10-17-13-8-5-4-7-12(13)11-15/h4-5,7-8,11H,10H2,1-3H3. The van der Waals surface area contributed by atoms with Crippen molar-refractivity contribution in [2.45, 2.75) is 19.4 Å². The number of aldehydes is 1. The van der Waals surface area contributed by atoms with Crippen molar-refractivity contribution < 1.29 is 14.3 Å². The van der Waals surface area contributed by atoms with E-state index in [9.17, 15) is 4.79 Å². The highest BCUT2D eigenvalue weighted by Gasteiger charge is 2.10. The third-order valence-electron chi connectivity index (χ3n) is 2.25. The van der Waals surface area contributed by atoms with Gasteiger partial charge in [0.1, 0.15) is 18.0 Å². The van der Waals surface area contributed by atoms with E-state index in [-0.39, 0.29) is 6.61 Å². The summed E-state index contributed by atoms with van der Waals surface area (Å²) in [6.45, 7) is 3.98. The number of para-hydroxylation sites is 1. The molecule has 17 heavy (non-hydrogen) atoms. The maximum absolute atomic E-state index is 10.7. The van der Waals surface area contributed by atoms with Crippen LogP contribution in [0.4, 0.5) is 0 Å². The topological polar surface area (TPSA) is 35.5 Å². The lowest BCUT2D eigenvalue weighted by Gasteiger charge is -2.14. The SMILES string of the molecule is COC(C)(C)C#CCOc1ccccc1C=O. The van der Waals surface area contributed by atoms with E-state index in [2.05, 4.69) is 11.8 Å². The predicted molar refractivity (Wildman–Crippen MR) is 66.2 cm³/mol. The average molecular weight is 232 g/mol. The van der Waals surface area contributed by atoms with Gasteiger partial charge < -0.3 is 9.47 Å². The number of benzene rings is 1. The number of methoxy groups -OCH3 is 1. The molecule has 0 unspecified atom stereocenters. The van der Waals surface area contributed by atoms with Crippen LogP contribution in [0.3, 0.4) is 0 Å². The van der Waals surface area contributed by atoms with E-state index in [0.29, 0.717) is 11.3 Å². The molecule has 0 saturated carbocycles. The molecule has 0 aliphatic rings. The number of ether oxygens (including phenoxy) is 2. The number of carbonyl (C=O) groups is 1. The Hall–Kier alpha value is -1.79. The van der Waals surface area contributed by atoms with Gasteiger partial charge in [0.2, 0.25) is 0 Å². The fraction of sp³-hybridized carbons (Fsp3) is 0.357. The lowest BCUT2D eigenvalue weighted by Crippen LogP contribution is -2.19. The molecule has 3 nitrogen and oxygen atoms in total. The minimum absolute atomic E-state index is 0.234. The van der Waals surface area contributed by atoms with Gasteiger partial charge in [0.25, 0.3) is 0 Å². The van der Waals surface area contributed by atoms with Gasteiger partial charge in [-0.3, -0.25) is 4.79 Å². The molecule has 0 spiro atoms. The fourth-order valence-corrected chi connectivity index (χ4v) is 1.12. The van der Waals surface area contributed by atoms with E-state index in [1.165, 1.54) is 0 Å². The smallest absolute Gasteiger partial charge is 0.153 e. The van der Waals surface area contributed by atoms with Crippen molar-refractivity contribution >= 4 is 6.29 Å². The second kappa shape index (κ2) is 6.07.